The molecule has 132 valence electrons. The van der Waals surface area contributed by atoms with Crippen molar-refractivity contribution in [2.75, 3.05) is 19.6 Å². The molecule has 1 heterocycles. The Hall–Kier alpha value is -0.0700. The normalized spacial score (nSPS) is 23.2. The second-order valence-electron chi connectivity index (χ2n) is 6.43. The lowest BCUT2D eigenvalue weighted by molar-refractivity contribution is -0.124. The number of nitrogens with two attached hydrogens (primary N) is 1. The number of halogens is 2. The first-order valence-electron chi connectivity index (χ1n) is 8.03. The maximum absolute atomic E-state index is 11.7. The van der Waals surface area contributed by atoms with Crippen LogP contribution < -0.4 is 11.1 Å². The Kier molecular flexibility index (Phi) is 10.6. The van der Waals surface area contributed by atoms with Crippen molar-refractivity contribution in [3.63, 3.8) is 0 Å². The molecule has 7 heteroatoms. The number of carbonyl (C=O) groups excluding carboxylic acids is 1. The summed E-state index contributed by atoms with van der Waals surface area (Å²) in [4.78, 5) is 14.3. The van der Waals surface area contributed by atoms with E-state index in [2.05, 4.69) is 10.2 Å². The molecule has 1 aliphatic heterocycles. The average molecular weight is 356 g/mol. The molecule has 0 radical (unpaired) electrons. The van der Waals surface area contributed by atoms with Gasteiger partial charge in [0, 0.05) is 12.6 Å². The Morgan fingerprint density at radius 3 is 2.27 bits per heavy atom. The fraction of sp³-hybridized carbons (Fsp3) is 0.933. The van der Waals surface area contributed by atoms with Crippen LogP contribution in [-0.4, -0.2) is 53.7 Å². The van der Waals surface area contributed by atoms with Gasteiger partial charge in [-0.05, 0) is 51.6 Å². The standard InChI is InChI=1S/C15H29N3O2.2ClH/c1-11(19)14(16)15(20)17-10-12-6-8-18(9-7-12)13-4-2-3-5-13;;/h11-14,19H,2-10,16H2,1H3,(H,17,20);2*1H/t11-,14+;;/m0../s1. The van der Waals surface area contributed by atoms with E-state index in [1.54, 1.807) is 6.92 Å². The van der Waals surface area contributed by atoms with E-state index >= 15 is 0 Å². The van der Waals surface area contributed by atoms with E-state index in [4.69, 9.17) is 5.73 Å². The summed E-state index contributed by atoms with van der Waals surface area (Å²) >= 11 is 0. The molecule has 1 amide bonds. The highest BCUT2D eigenvalue weighted by molar-refractivity contribution is 5.85. The zero-order chi connectivity index (χ0) is 14.5. The second kappa shape index (κ2) is 10.7. The van der Waals surface area contributed by atoms with Crippen molar-refractivity contribution < 1.29 is 9.90 Å². The van der Waals surface area contributed by atoms with Crippen LogP contribution in [0.1, 0.15) is 45.4 Å². The zero-order valence-electron chi connectivity index (χ0n) is 13.4. The number of nitrogens with zero attached hydrogens (tertiary/aromatic N) is 1. The van der Waals surface area contributed by atoms with Crippen molar-refractivity contribution in [1.82, 2.24) is 10.2 Å². The van der Waals surface area contributed by atoms with Gasteiger partial charge in [-0.3, -0.25) is 4.79 Å². The third kappa shape index (κ3) is 6.20. The van der Waals surface area contributed by atoms with Gasteiger partial charge in [-0.15, -0.1) is 24.8 Å². The molecule has 2 rings (SSSR count). The minimum Gasteiger partial charge on any atom is -0.391 e. The third-order valence-electron chi connectivity index (χ3n) is 4.88. The van der Waals surface area contributed by atoms with Gasteiger partial charge in [0.25, 0.3) is 0 Å². The van der Waals surface area contributed by atoms with E-state index in [1.807, 2.05) is 0 Å². The van der Waals surface area contributed by atoms with Crippen molar-refractivity contribution in [1.29, 1.82) is 0 Å². The summed E-state index contributed by atoms with van der Waals surface area (Å²) in [6.07, 6.45) is 7.02. The van der Waals surface area contributed by atoms with E-state index in [9.17, 15) is 9.90 Å². The van der Waals surface area contributed by atoms with Crippen LogP contribution in [0, 0.1) is 5.92 Å². The zero-order valence-corrected chi connectivity index (χ0v) is 15.0. The van der Waals surface area contributed by atoms with Crippen molar-refractivity contribution in [3.05, 3.63) is 0 Å². The molecule has 0 bridgehead atoms. The van der Waals surface area contributed by atoms with Gasteiger partial charge in [-0.1, -0.05) is 12.8 Å². The first-order valence-corrected chi connectivity index (χ1v) is 8.03. The van der Waals surface area contributed by atoms with Gasteiger partial charge in [0.15, 0.2) is 0 Å². The van der Waals surface area contributed by atoms with E-state index < -0.39 is 12.1 Å². The molecule has 0 aromatic heterocycles. The maximum Gasteiger partial charge on any atom is 0.239 e. The van der Waals surface area contributed by atoms with Gasteiger partial charge >= 0.3 is 0 Å². The SMILES string of the molecule is C[C@H](O)[C@@H](N)C(=O)NCC1CCN(C2CCCC2)CC1.Cl.Cl. The lowest BCUT2D eigenvalue weighted by Crippen LogP contribution is -2.49. The number of amides is 1. The summed E-state index contributed by atoms with van der Waals surface area (Å²) in [6, 6.07) is 0.00257. The third-order valence-corrected chi connectivity index (χ3v) is 4.88. The molecular weight excluding hydrogens is 325 g/mol. The number of likely N-dealkylation sites (tertiary alicyclic amines) is 1. The van der Waals surface area contributed by atoms with Crippen LogP contribution in [0.4, 0.5) is 0 Å². The Bertz CT molecular complexity index is 318. The number of piperidine rings is 1. The number of hydrogen-bond acceptors (Lipinski definition) is 4. The van der Waals surface area contributed by atoms with Crippen molar-refractivity contribution in [2.45, 2.75) is 63.6 Å². The molecule has 0 unspecified atom stereocenters. The largest absolute Gasteiger partial charge is 0.391 e. The van der Waals surface area contributed by atoms with Gasteiger partial charge in [0.05, 0.1) is 6.10 Å². The molecule has 0 aromatic carbocycles. The van der Waals surface area contributed by atoms with Crippen LogP contribution in [0.3, 0.4) is 0 Å². The van der Waals surface area contributed by atoms with Gasteiger partial charge in [0.2, 0.25) is 5.91 Å². The maximum atomic E-state index is 11.7. The minimum absolute atomic E-state index is 0. The lowest BCUT2D eigenvalue weighted by Gasteiger charge is -2.36. The summed E-state index contributed by atoms with van der Waals surface area (Å²) < 4.78 is 0. The highest BCUT2D eigenvalue weighted by atomic mass is 35.5. The predicted molar refractivity (Wildman–Crippen MR) is 93.7 cm³/mol. The van der Waals surface area contributed by atoms with Crippen LogP contribution in [0.5, 0.6) is 0 Å². The van der Waals surface area contributed by atoms with E-state index in [1.165, 1.54) is 25.7 Å². The summed E-state index contributed by atoms with van der Waals surface area (Å²) in [6.45, 7) is 4.56. The number of rotatable bonds is 5. The van der Waals surface area contributed by atoms with Crippen LogP contribution in [-0.2, 0) is 4.79 Å². The molecule has 0 spiro atoms. The topological polar surface area (TPSA) is 78.6 Å². The molecule has 5 nitrogen and oxygen atoms in total. The van der Waals surface area contributed by atoms with Crippen LogP contribution in [0.15, 0.2) is 0 Å². The van der Waals surface area contributed by atoms with Crippen molar-refractivity contribution in [2.24, 2.45) is 11.7 Å². The summed E-state index contributed by atoms with van der Waals surface area (Å²) in [5.74, 6) is 0.316. The first-order chi connectivity index (χ1) is 9.58. The number of aliphatic hydroxyl groups is 1. The highest BCUT2D eigenvalue weighted by Crippen LogP contribution is 2.27. The number of carbonyl (C=O) groups is 1. The average Bonchev–Trinajstić information content (AvgIpc) is 2.98. The fourth-order valence-electron chi connectivity index (χ4n) is 3.37. The van der Waals surface area contributed by atoms with Gasteiger partial charge in [0.1, 0.15) is 6.04 Å². The summed E-state index contributed by atoms with van der Waals surface area (Å²) in [7, 11) is 0. The van der Waals surface area contributed by atoms with E-state index in [0.717, 1.165) is 32.0 Å². The Morgan fingerprint density at radius 2 is 1.77 bits per heavy atom. The predicted octanol–water partition coefficient (Wildman–Crippen LogP) is 1.31. The molecule has 1 aliphatic carbocycles. The lowest BCUT2D eigenvalue weighted by atomic mass is 9.95. The van der Waals surface area contributed by atoms with Crippen LogP contribution in [0.2, 0.25) is 0 Å². The summed E-state index contributed by atoms with van der Waals surface area (Å²) in [5, 5.41) is 12.2. The Labute approximate surface area is 146 Å². The number of hydrogen-bond donors (Lipinski definition) is 3. The van der Waals surface area contributed by atoms with Crippen LogP contribution >= 0.6 is 24.8 Å². The van der Waals surface area contributed by atoms with Crippen LogP contribution in [0.25, 0.3) is 0 Å². The number of nitrogens with one attached hydrogen (secondary N) is 1. The quantitative estimate of drug-likeness (QED) is 0.694. The molecule has 2 fully saturated rings. The van der Waals surface area contributed by atoms with Gasteiger partial charge in [-0.25, -0.2) is 0 Å². The van der Waals surface area contributed by atoms with Crippen molar-refractivity contribution >= 4 is 30.7 Å². The molecule has 2 atom stereocenters. The van der Waals surface area contributed by atoms with Gasteiger partial charge < -0.3 is 21.1 Å². The smallest absolute Gasteiger partial charge is 0.239 e. The Morgan fingerprint density at radius 1 is 1.23 bits per heavy atom. The van der Waals surface area contributed by atoms with E-state index in [-0.39, 0.29) is 30.7 Å². The molecule has 0 aromatic rings. The van der Waals surface area contributed by atoms with Crippen molar-refractivity contribution in [3.8, 4) is 0 Å². The molecule has 1 saturated carbocycles. The molecule has 2 aliphatic rings. The van der Waals surface area contributed by atoms with Gasteiger partial charge in [-0.2, -0.15) is 0 Å². The molecule has 22 heavy (non-hydrogen) atoms. The first kappa shape index (κ1) is 21.9. The minimum atomic E-state index is -0.812. The Balaban J connectivity index is 0.00000220. The monoisotopic (exact) mass is 355 g/mol. The molecule has 1 saturated heterocycles. The summed E-state index contributed by atoms with van der Waals surface area (Å²) in [5.41, 5.74) is 5.61. The second-order valence-corrected chi connectivity index (χ2v) is 6.43. The number of aliphatic hydroxyl groups excluding tert-OH is 1. The molecular formula is C15H31Cl2N3O2. The highest BCUT2D eigenvalue weighted by Gasteiger charge is 2.27. The molecule has 4 N–H and O–H groups in total. The van der Waals surface area contributed by atoms with E-state index in [0.29, 0.717) is 12.5 Å². The fourth-order valence-corrected chi connectivity index (χ4v) is 3.37.